The molecule has 1 atom stereocenters. The lowest BCUT2D eigenvalue weighted by Crippen LogP contribution is -2.54. The Hall–Kier alpha value is -1.56. The van der Waals surface area contributed by atoms with Crippen molar-refractivity contribution in [1.82, 2.24) is 10.1 Å². The molecule has 1 aliphatic heterocycles. The van der Waals surface area contributed by atoms with Crippen LogP contribution in [0.5, 0.6) is 0 Å². The van der Waals surface area contributed by atoms with Crippen LogP contribution in [0.1, 0.15) is 30.8 Å². The number of nitrogens with two attached hydrogens (primary N) is 1. The summed E-state index contributed by atoms with van der Waals surface area (Å²) in [5.74, 6) is 0.408. The normalized spacial score (nSPS) is 19.7. The molecule has 2 heterocycles. The van der Waals surface area contributed by atoms with Crippen molar-refractivity contribution in [3.8, 4) is 11.3 Å². The first-order valence-electron chi connectivity index (χ1n) is 7.64. The van der Waals surface area contributed by atoms with E-state index >= 15 is 0 Å². The third kappa shape index (κ3) is 3.74. The van der Waals surface area contributed by atoms with Crippen LogP contribution in [0.2, 0.25) is 5.02 Å². The van der Waals surface area contributed by atoms with Crippen molar-refractivity contribution in [2.45, 2.75) is 26.3 Å². The number of piperidine rings is 1. The molecule has 0 spiro atoms. The molecule has 2 N–H and O–H groups in total. The number of hydrogen-bond acceptors (Lipinski definition) is 4. The first-order valence-corrected chi connectivity index (χ1v) is 8.02. The van der Waals surface area contributed by atoms with E-state index in [2.05, 4.69) is 19.0 Å². The number of benzene rings is 1. The average molecular weight is 370 g/mol. The number of amides is 1. The van der Waals surface area contributed by atoms with Gasteiger partial charge in [0.25, 0.3) is 5.91 Å². The van der Waals surface area contributed by atoms with E-state index in [0.717, 1.165) is 12.0 Å². The molecular weight excluding hydrogens is 349 g/mol. The van der Waals surface area contributed by atoms with Crippen LogP contribution >= 0.6 is 24.0 Å². The standard InChI is InChI=1S/C17H20ClN3O2.ClH/c1-17(2)10-21(7-6-15(17)19)16(22)13-9-14(23-20-13)11-4-3-5-12(18)8-11;/h3-5,8-9,15H,6-7,10,19H2,1-2H3;1H. The van der Waals surface area contributed by atoms with Gasteiger partial charge in [0, 0.05) is 35.8 Å². The second kappa shape index (κ2) is 7.13. The van der Waals surface area contributed by atoms with E-state index in [-0.39, 0.29) is 29.8 Å². The van der Waals surface area contributed by atoms with Gasteiger partial charge in [0.15, 0.2) is 11.5 Å². The van der Waals surface area contributed by atoms with Crippen molar-refractivity contribution in [2.75, 3.05) is 13.1 Å². The molecule has 0 radical (unpaired) electrons. The third-order valence-corrected chi connectivity index (χ3v) is 4.67. The summed E-state index contributed by atoms with van der Waals surface area (Å²) in [7, 11) is 0. The molecule has 1 unspecified atom stereocenters. The van der Waals surface area contributed by atoms with Gasteiger partial charge in [-0.05, 0) is 24.0 Å². The fourth-order valence-corrected chi connectivity index (χ4v) is 3.05. The topological polar surface area (TPSA) is 72.4 Å². The van der Waals surface area contributed by atoms with Gasteiger partial charge in [-0.25, -0.2) is 0 Å². The fraction of sp³-hybridized carbons (Fsp3) is 0.412. The number of likely N-dealkylation sites (tertiary alicyclic amines) is 1. The molecule has 1 aromatic heterocycles. The molecule has 1 fully saturated rings. The first kappa shape index (κ1) is 18.8. The quantitative estimate of drug-likeness (QED) is 0.877. The maximum absolute atomic E-state index is 12.6. The van der Waals surface area contributed by atoms with E-state index in [1.165, 1.54) is 0 Å². The monoisotopic (exact) mass is 369 g/mol. The third-order valence-electron chi connectivity index (χ3n) is 4.44. The largest absolute Gasteiger partial charge is 0.355 e. The van der Waals surface area contributed by atoms with Crippen molar-refractivity contribution in [1.29, 1.82) is 0 Å². The molecule has 0 bridgehead atoms. The number of carbonyl (C=O) groups excluding carboxylic acids is 1. The summed E-state index contributed by atoms with van der Waals surface area (Å²) in [6.07, 6.45) is 0.789. The number of rotatable bonds is 2. The van der Waals surface area contributed by atoms with Crippen LogP contribution in [-0.4, -0.2) is 35.1 Å². The van der Waals surface area contributed by atoms with Crippen molar-refractivity contribution < 1.29 is 9.32 Å². The Kier molecular flexibility index (Phi) is 5.58. The Bertz CT molecular complexity index is 730. The van der Waals surface area contributed by atoms with Gasteiger partial charge >= 0.3 is 0 Å². The fourth-order valence-electron chi connectivity index (χ4n) is 2.86. The molecule has 1 aliphatic rings. The summed E-state index contributed by atoms with van der Waals surface area (Å²) < 4.78 is 5.31. The van der Waals surface area contributed by atoms with E-state index in [1.54, 1.807) is 23.1 Å². The van der Waals surface area contributed by atoms with Crippen LogP contribution in [-0.2, 0) is 0 Å². The molecule has 130 valence electrons. The maximum Gasteiger partial charge on any atom is 0.276 e. The average Bonchev–Trinajstić information content (AvgIpc) is 2.99. The molecule has 1 saturated heterocycles. The first-order chi connectivity index (χ1) is 10.9. The van der Waals surface area contributed by atoms with Crippen LogP contribution in [0.4, 0.5) is 0 Å². The molecule has 24 heavy (non-hydrogen) atoms. The van der Waals surface area contributed by atoms with Crippen LogP contribution < -0.4 is 5.73 Å². The summed E-state index contributed by atoms with van der Waals surface area (Å²) in [6, 6.07) is 9.02. The van der Waals surface area contributed by atoms with Crippen LogP contribution in [0.15, 0.2) is 34.9 Å². The summed E-state index contributed by atoms with van der Waals surface area (Å²) >= 11 is 5.98. The molecule has 0 aliphatic carbocycles. The summed E-state index contributed by atoms with van der Waals surface area (Å²) in [4.78, 5) is 14.4. The van der Waals surface area contributed by atoms with Gasteiger partial charge in [0.2, 0.25) is 0 Å². The van der Waals surface area contributed by atoms with Crippen molar-refractivity contribution in [3.05, 3.63) is 41.0 Å². The predicted molar refractivity (Wildman–Crippen MR) is 96.5 cm³/mol. The van der Waals surface area contributed by atoms with Gasteiger partial charge in [0.1, 0.15) is 0 Å². The minimum Gasteiger partial charge on any atom is -0.355 e. The number of halogens is 2. The lowest BCUT2D eigenvalue weighted by Gasteiger charge is -2.42. The second-order valence-corrected chi connectivity index (χ2v) is 7.13. The zero-order chi connectivity index (χ0) is 16.6. The molecule has 3 rings (SSSR count). The Morgan fingerprint density at radius 3 is 2.83 bits per heavy atom. The van der Waals surface area contributed by atoms with Gasteiger partial charge in [-0.1, -0.05) is 42.7 Å². The highest BCUT2D eigenvalue weighted by Gasteiger charge is 2.36. The molecule has 1 aromatic carbocycles. The second-order valence-electron chi connectivity index (χ2n) is 6.70. The van der Waals surface area contributed by atoms with E-state index in [0.29, 0.717) is 29.6 Å². The Balaban J connectivity index is 0.00000208. The maximum atomic E-state index is 12.6. The van der Waals surface area contributed by atoms with Crippen LogP contribution in [0.25, 0.3) is 11.3 Å². The number of nitrogens with zero attached hydrogens (tertiary/aromatic N) is 2. The summed E-state index contributed by atoms with van der Waals surface area (Å²) in [5, 5.41) is 4.53. The van der Waals surface area contributed by atoms with E-state index in [1.807, 2.05) is 12.1 Å². The minimum absolute atomic E-state index is 0. The molecule has 2 aromatic rings. The molecule has 7 heteroatoms. The van der Waals surface area contributed by atoms with Crippen molar-refractivity contribution >= 4 is 29.9 Å². The number of carbonyl (C=O) groups is 1. The molecular formula is C17H21Cl2N3O2. The van der Waals surface area contributed by atoms with Crippen molar-refractivity contribution in [2.24, 2.45) is 11.1 Å². The minimum atomic E-state index is -0.123. The molecule has 1 amide bonds. The molecule has 5 nitrogen and oxygen atoms in total. The number of hydrogen-bond donors (Lipinski definition) is 1. The van der Waals surface area contributed by atoms with E-state index < -0.39 is 0 Å². The van der Waals surface area contributed by atoms with E-state index in [4.69, 9.17) is 21.9 Å². The number of aromatic nitrogens is 1. The smallest absolute Gasteiger partial charge is 0.276 e. The van der Waals surface area contributed by atoms with Gasteiger partial charge in [0.05, 0.1) is 0 Å². The summed E-state index contributed by atoms with van der Waals surface area (Å²) in [5.41, 5.74) is 7.13. The van der Waals surface area contributed by atoms with E-state index in [9.17, 15) is 4.79 Å². The summed E-state index contributed by atoms with van der Waals surface area (Å²) in [6.45, 7) is 5.42. The zero-order valence-corrected chi connectivity index (χ0v) is 15.2. The highest BCUT2D eigenvalue weighted by molar-refractivity contribution is 6.30. The van der Waals surface area contributed by atoms with Gasteiger partial charge < -0.3 is 15.2 Å². The zero-order valence-electron chi connectivity index (χ0n) is 13.7. The predicted octanol–water partition coefficient (Wildman–Crippen LogP) is 3.62. The molecule has 0 saturated carbocycles. The van der Waals surface area contributed by atoms with Crippen LogP contribution in [0, 0.1) is 5.41 Å². The van der Waals surface area contributed by atoms with Gasteiger partial charge in [-0.2, -0.15) is 0 Å². The van der Waals surface area contributed by atoms with Gasteiger partial charge in [-0.3, -0.25) is 4.79 Å². The van der Waals surface area contributed by atoms with Crippen molar-refractivity contribution in [3.63, 3.8) is 0 Å². The highest BCUT2D eigenvalue weighted by atomic mass is 35.5. The highest BCUT2D eigenvalue weighted by Crippen LogP contribution is 2.29. The Morgan fingerprint density at radius 1 is 1.42 bits per heavy atom. The lowest BCUT2D eigenvalue weighted by atomic mass is 9.79. The lowest BCUT2D eigenvalue weighted by molar-refractivity contribution is 0.0523. The van der Waals surface area contributed by atoms with Gasteiger partial charge in [-0.15, -0.1) is 12.4 Å². The van der Waals surface area contributed by atoms with Crippen LogP contribution in [0.3, 0.4) is 0 Å². The Labute approximate surface area is 152 Å². The Morgan fingerprint density at radius 2 is 2.17 bits per heavy atom. The SMILES string of the molecule is CC1(C)CN(C(=O)c2cc(-c3cccc(Cl)c3)on2)CCC1N.Cl.